The minimum Gasteiger partial charge on any atom is -0.497 e. The van der Waals surface area contributed by atoms with Crippen LogP contribution in [0.2, 0.25) is 0 Å². The minimum absolute atomic E-state index is 0.170. The van der Waals surface area contributed by atoms with Crippen molar-refractivity contribution in [1.29, 1.82) is 0 Å². The van der Waals surface area contributed by atoms with Crippen molar-refractivity contribution in [3.8, 4) is 5.75 Å². The molecule has 1 amide bonds. The predicted molar refractivity (Wildman–Crippen MR) is 110 cm³/mol. The number of aliphatic hydroxyl groups is 1. The fraction of sp³-hybridized carbons (Fsp3) is 0.476. The number of hydrogen-bond donors (Lipinski definition) is 3. The van der Waals surface area contributed by atoms with E-state index in [9.17, 15) is 9.90 Å². The first kappa shape index (κ1) is 20.4. The first-order valence-corrected chi connectivity index (χ1v) is 10.2. The number of alkyl carbamates (subject to hydrolysis) is 1. The second kappa shape index (κ2) is 9.27. The molecule has 2 saturated heterocycles. The fourth-order valence-electron chi connectivity index (χ4n) is 3.62. The number of aliphatic hydroxyl groups excluding tert-OH is 1. The van der Waals surface area contributed by atoms with E-state index in [0.717, 1.165) is 30.8 Å². The van der Waals surface area contributed by atoms with Crippen molar-refractivity contribution in [2.24, 2.45) is 0 Å². The highest BCUT2D eigenvalue weighted by Crippen LogP contribution is 2.19. The van der Waals surface area contributed by atoms with E-state index in [4.69, 9.17) is 9.47 Å². The van der Waals surface area contributed by atoms with E-state index in [-0.39, 0.29) is 12.6 Å². The summed E-state index contributed by atoms with van der Waals surface area (Å²) in [4.78, 5) is 23.2. The van der Waals surface area contributed by atoms with Gasteiger partial charge in [-0.15, -0.1) is 0 Å². The first-order valence-electron chi connectivity index (χ1n) is 10.2. The average molecular weight is 413 g/mol. The molecule has 3 heterocycles. The van der Waals surface area contributed by atoms with Crippen LogP contribution in [0.25, 0.3) is 0 Å². The molecule has 9 nitrogen and oxygen atoms in total. The average Bonchev–Trinajstić information content (AvgIpc) is 3.05. The van der Waals surface area contributed by atoms with E-state index in [1.54, 1.807) is 19.4 Å². The highest BCUT2D eigenvalue weighted by molar-refractivity contribution is 5.67. The zero-order chi connectivity index (χ0) is 20.9. The number of hydrogen-bond acceptors (Lipinski definition) is 8. The van der Waals surface area contributed by atoms with Gasteiger partial charge in [-0.25, -0.2) is 14.8 Å². The molecule has 1 aromatic carbocycles. The third-order valence-electron chi connectivity index (χ3n) is 5.48. The quantitative estimate of drug-likeness (QED) is 0.614. The van der Waals surface area contributed by atoms with Crippen LogP contribution < -0.4 is 20.3 Å². The van der Waals surface area contributed by atoms with E-state index in [1.807, 2.05) is 24.3 Å². The van der Waals surface area contributed by atoms with Crippen LogP contribution in [0.5, 0.6) is 5.75 Å². The standard InChI is InChI=1S/C21H27N5O4/c1-29-16-5-3-14(4-6-16)11-17-19(18(27)13-23-17)30-21(28)24-12-15-7-8-22-20(25-15)26-9-2-10-26/h3-8,17-19,23,27H,2,9-13H2,1H3,(H,24,28)/t17-,18+,19+/m1/s1. The van der Waals surface area contributed by atoms with E-state index >= 15 is 0 Å². The summed E-state index contributed by atoms with van der Waals surface area (Å²) in [5, 5.41) is 16.2. The van der Waals surface area contributed by atoms with Crippen LogP contribution in [0.4, 0.5) is 10.7 Å². The summed E-state index contributed by atoms with van der Waals surface area (Å²) in [6.45, 7) is 2.54. The number of ether oxygens (including phenoxy) is 2. The lowest BCUT2D eigenvalue weighted by Crippen LogP contribution is -2.41. The number of aromatic nitrogens is 2. The normalized spacial score (nSPS) is 23.0. The van der Waals surface area contributed by atoms with Crippen molar-refractivity contribution in [3.63, 3.8) is 0 Å². The Morgan fingerprint density at radius 3 is 2.80 bits per heavy atom. The summed E-state index contributed by atoms with van der Waals surface area (Å²) in [5.74, 6) is 1.47. The molecule has 0 radical (unpaired) electrons. The van der Waals surface area contributed by atoms with Gasteiger partial charge in [0.15, 0.2) is 0 Å². The maximum absolute atomic E-state index is 12.3. The summed E-state index contributed by atoms with van der Waals surface area (Å²) < 4.78 is 10.7. The Bertz CT molecular complexity index is 859. The van der Waals surface area contributed by atoms with Gasteiger partial charge in [0.05, 0.1) is 25.4 Å². The molecule has 0 unspecified atom stereocenters. The summed E-state index contributed by atoms with van der Waals surface area (Å²) in [7, 11) is 1.62. The Morgan fingerprint density at radius 1 is 1.30 bits per heavy atom. The lowest BCUT2D eigenvalue weighted by atomic mass is 10.0. The van der Waals surface area contributed by atoms with Gasteiger partial charge in [0.2, 0.25) is 5.95 Å². The molecule has 0 aliphatic carbocycles. The molecule has 9 heteroatoms. The number of amides is 1. The Hall–Kier alpha value is -2.91. The summed E-state index contributed by atoms with van der Waals surface area (Å²) >= 11 is 0. The van der Waals surface area contributed by atoms with Gasteiger partial charge >= 0.3 is 6.09 Å². The topological polar surface area (TPSA) is 109 Å². The van der Waals surface area contributed by atoms with Crippen LogP contribution in [-0.2, 0) is 17.7 Å². The molecule has 3 N–H and O–H groups in total. The molecule has 0 bridgehead atoms. The predicted octanol–water partition coefficient (Wildman–Crippen LogP) is 0.865. The van der Waals surface area contributed by atoms with Crippen LogP contribution in [0.3, 0.4) is 0 Å². The van der Waals surface area contributed by atoms with Crippen LogP contribution in [0.15, 0.2) is 36.5 Å². The minimum atomic E-state index is -0.754. The fourth-order valence-corrected chi connectivity index (χ4v) is 3.62. The Morgan fingerprint density at radius 2 is 2.10 bits per heavy atom. The largest absolute Gasteiger partial charge is 0.497 e. The van der Waals surface area contributed by atoms with Crippen LogP contribution in [-0.4, -0.2) is 66.2 Å². The van der Waals surface area contributed by atoms with Gasteiger partial charge in [-0.05, 0) is 36.6 Å². The van der Waals surface area contributed by atoms with Gasteiger partial charge < -0.3 is 30.1 Å². The Labute approximate surface area is 175 Å². The van der Waals surface area contributed by atoms with Crippen LogP contribution in [0.1, 0.15) is 17.7 Å². The van der Waals surface area contributed by atoms with E-state index in [0.29, 0.717) is 24.6 Å². The van der Waals surface area contributed by atoms with E-state index in [2.05, 4.69) is 25.5 Å². The van der Waals surface area contributed by atoms with Crippen LogP contribution in [0, 0.1) is 0 Å². The van der Waals surface area contributed by atoms with Gasteiger partial charge in [0, 0.05) is 25.8 Å². The Balaban J connectivity index is 1.30. The third kappa shape index (κ3) is 4.80. The Kier molecular flexibility index (Phi) is 6.29. The molecule has 30 heavy (non-hydrogen) atoms. The molecule has 160 valence electrons. The number of rotatable bonds is 7. The van der Waals surface area contributed by atoms with Gasteiger partial charge in [-0.2, -0.15) is 0 Å². The third-order valence-corrected chi connectivity index (χ3v) is 5.48. The molecule has 2 aromatic rings. The SMILES string of the molecule is COc1ccc(C[C@H]2NC[C@H](O)[C@H]2OC(=O)NCc2ccnc(N3CCC3)n2)cc1. The zero-order valence-corrected chi connectivity index (χ0v) is 17.0. The van der Waals surface area contributed by atoms with E-state index < -0.39 is 18.3 Å². The number of benzene rings is 1. The number of nitrogens with one attached hydrogen (secondary N) is 2. The summed E-state index contributed by atoms with van der Waals surface area (Å²) in [6, 6.07) is 9.30. The van der Waals surface area contributed by atoms with Crippen molar-refractivity contribution >= 4 is 12.0 Å². The number of anilines is 1. The molecule has 2 aliphatic rings. The zero-order valence-electron chi connectivity index (χ0n) is 17.0. The van der Waals surface area contributed by atoms with Crippen molar-refractivity contribution in [2.75, 3.05) is 31.6 Å². The summed E-state index contributed by atoms with van der Waals surface area (Å²) in [6.07, 6.45) is 1.51. The molecule has 4 rings (SSSR count). The number of methoxy groups -OCH3 is 1. The first-order chi connectivity index (χ1) is 14.6. The monoisotopic (exact) mass is 413 g/mol. The molecule has 2 aliphatic heterocycles. The van der Waals surface area contributed by atoms with Crippen molar-refractivity contribution in [2.45, 2.75) is 37.6 Å². The smallest absolute Gasteiger partial charge is 0.407 e. The van der Waals surface area contributed by atoms with Gasteiger partial charge in [0.25, 0.3) is 0 Å². The van der Waals surface area contributed by atoms with Gasteiger partial charge in [-0.3, -0.25) is 0 Å². The lowest BCUT2D eigenvalue weighted by molar-refractivity contribution is 0.0187. The molecular weight excluding hydrogens is 386 g/mol. The lowest BCUT2D eigenvalue weighted by Gasteiger charge is -2.30. The number of carbonyl (C=O) groups is 1. The number of β-amino-alcohol motifs (C(OH)–C–C–N with tert-alkyl or cyclic N) is 1. The van der Waals surface area contributed by atoms with Crippen molar-refractivity contribution < 1.29 is 19.4 Å². The van der Waals surface area contributed by atoms with E-state index in [1.165, 1.54) is 0 Å². The van der Waals surface area contributed by atoms with Crippen LogP contribution >= 0.6 is 0 Å². The highest BCUT2D eigenvalue weighted by Gasteiger charge is 2.37. The maximum Gasteiger partial charge on any atom is 0.407 e. The van der Waals surface area contributed by atoms with Gasteiger partial charge in [-0.1, -0.05) is 12.1 Å². The summed E-state index contributed by atoms with van der Waals surface area (Å²) in [5.41, 5.74) is 1.78. The molecule has 0 saturated carbocycles. The number of carbonyl (C=O) groups excluding carboxylic acids is 1. The molecule has 1 aromatic heterocycles. The second-order valence-corrected chi connectivity index (χ2v) is 7.55. The van der Waals surface area contributed by atoms with Crippen molar-refractivity contribution in [1.82, 2.24) is 20.6 Å². The second-order valence-electron chi connectivity index (χ2n) is 7.55. The molecule has 3 atom stereocenters. The molecule has 0 spiro atoms. The highest BCUT2D eigenvalue weighted by atomic mass is 16.6. The number of nitrogens with zero attached hydrogens (tertiary/aromatic N) is 3. The maximum atomic E-state index is 12.3. The van der Waals surface area contributed by atoms with Gasteiger partial charge in [0.1, 0.15) is 18.0 Å². The molecule has 2 fully saturated rings. The molecular formula is C21H27N5O4. The van der Waals surface area contributed by atoms with Crippen molar-refractivity contribution in [3.05, 3.63) is 47.8 Å².